The Morgan fingerprint density at radius 1 is 0.609 bits per heavy atom. The summed E-state index contributed by atoms with van der Waals surface area (Å²) in [6.45, 7) is 18.5. The minimum absolute atomic E-state index is 0. The van der Waals surface area contributed by atoms with Gasteiger partial charge in [0.2, 0.25) is 0 Å². The SMILES string of the molecule is C.C.CCC(C)(C)C(=O)OC1(CC)C2CC3CC(C2)CC1C3.CCC(C)(C)C(=O)Oc1ccc([S+](c2ccccc2)c2ccccc2)cc1.CCC(C)c1ccc(O)cc1.O=C(O)c1ccccc1. The second-order valence-electron chi connectivity index (χ2n) is 19.8. The van der Waals surface area contributed by atoms with Crippen molar-refractivity contribution in [1.29, 1.82) is 0 Å². The van der Waals surface area contributed by atoms with E-state index in [2.05, 4.69) is 88.4 Å². The smallest absolute Gasteiger partial charge is 0.335 e. The molecule has 0 saturated heterocycles. The van der Waals surface area contributed by atoms with Gasteiger partial charge in [-0.15, -0.1) is 0 Å². The van der Waals surface area contributed by atoms with Crippen LogP contribution in [0.5, 0.6) is 11.5 Å². The number of phenols is 1. The number of carboxylic acid groups (broad SMARTS) is 1. The molecule has 0 amide bonds. The van der Waals surface area contributed by atoms with Gasteiger partial charge in [0, 0.05) is 0 Å². The van der Waals surface area contributed by atoms with Crippen LogP contribution in [-0.2, 0) is 25.2 Å². The highest BCUT2D eigenvalue weighted by atomic mass is 32.2. The van der Waals surface area contributed by atoms with Gasteiger partial charge in [0.1, 0.15) is 17.1 Å². The summed E-state index contributed by atoms with van der Waals surface area (Å²) in [5, 5.41) is 17.4. The number of hydrogen-bond donors (Lipinski definition) is 2. The van der Waals surface area contributed by atoms with Crippen molar-refractivity contribution in [3.63, 3.8) is 0 Å². The number of ether oxygens (including phenoxy) is 2. The number of aromatic carboxylic acids is 1. The number of hydrogen-bond acceptors (Lipinski definition) is 6. The molecular weight excluding hydrogens is 877 g/mol. The first-order valence-electron chi connectivity index (χ1n) is 24.4. The fraction of sp³-hybridized carbons (Fsp3) is 0.459. The average molecular weight is 960 g/mol. The molecule has 69 heavy (non-hydrogen) atoms. The molecule has 2 N–H and O–H groups in total. The predicted octanol–water partition coefficient (Wildman–Crippen LogP) is 16.3. The molecule has 0 aliphatic heterocycles. The van der Waals surface area contributed by atoms with Crippen LogP contribution >= 0.6 is 0 Å². The number of carbonyl (C=O) groups excluding carboxylic acids is 2. The van der Waals surface area contributed by atoms with Crippen LogP contribution in [0.25, 0.3) is 0 Å². The Bertz CT molecular complexity index is 2220. The van der Waals surface area contributed by atoms with Crippen LogP contribution in [0.2, 0.25) is 0 Å². The van der Waals surface area contributed by atoms with E-state index in [4.69, 9.17) is 19.7 Å². The summed E-state index contributed by atoms with van der Waals surface area (Å²) in [4.78, 5) is 38.9. The summed E-state index contributed by atoms with van der Waals surface area (Å²) in [5.74, 6) is 3.63. The van der Waals surface area contributed by atoms with Crippen LogP contribution < -0.4 is 4.74 Å². The van der Waals surface area contributed by atoms with Gasteiger partial charge in [-0.2, -0.15) is 0 Å². The van der Waals surface area contributed by atoms with Gasteiger partial charge in [-0.25, -0.2) is 4.79 Å². The number of carbonyl (C=O) groups is 3. The number of carboxylic acids is 1. The van der Waals surface area contributed by atoms with E-state index >= 15 is 0 Å². The monoisotopic (exact) mass is 960 g/mol. The van der Waals surface area contributed by atoms with Crippen molar-refractivity contribution in [3.05, 3.63) is 151 Å². The van der Waals surface area contributed by atoms with E-state index in [9.17, 15) is 14.4 Å². The minimum atomic E-state index is -0.879. The van der Waals surface area contributed by atoms with Gasteiger partial charge in [0.05, 0.1) is 27.3 Å². The Hall–Kier alpha value is -5.34. The van der Waals surface area contributed by atoms with Gasteiger partial charge in [-0.3, -0.25) is 9.59 Å². The topological polar surface area (TPSA) is 110 Å². The van der Waals surface area contributed by atoms with Crippen molar-refractivity contribution < 1.29 is 34.1 Å². The van der Waals surface area contributed by atoms with E-state index in [1.165, 1.54) is 52.4 Å². The molecule has 0 spiro atoms. The maximum absolute atomic E-state index is 12.6. The van der Waals surface area contributed by atoms with Crippen molar-refractivity contribution in [1.82, 2.24) is 0 Å². The highest BCUT2D eigenvalue weighted by molar-refractivity contribution is 7.97. The third-order valence-corrected chi connectivity index (χ3v) is 16.8. The van der Waals surface area contributed by atoms with E-state index in [0.29, 0.717) is 34.8 Å². The molecule has 4 bridgehead atoms. The zero-order valence-corrected chi connectivity index (χ0v) is 42.2. The molecule has 4 saturated carbocycles. The van der Waals surface area contributed by atoms with Crippen molar-refractivity contribution in [2.24, 2.45) is 34.5 Å². The highest BCUT2D eigenvalue weighted by Gasteiger charge is 2.59. The van der Waals surface area contributed by atoms with Crippen LogP contribution in [0.1, 0.15) is 157 Å². The highest BCUT2D eigenvalue weighted by Crippen LogP contribution is 2.61. The normalized spacial score (nSPS) is 20.1. The molecule has 5 aromatic rings. The van der Waals surface area contributed by atoms with Crippen molar-refractivity contribution >= 4 is 28.8 Å². The molecule has 9 rings (SSSR count). The second-order valence-corrected chi connectivity index (χ2v) is 21.9. The molecular formula is C61H83O7S+. The van der Waals surface area contributed by atoms with Gasteiger partial charge < -0.3 is 19.7 Å². The summed E-state index contributed by atoms with van der Waals surface area (Å²) in [7, 11) is -0.195. The lowest BCUT2D eigenvalue weighted by Gasteiger charge is -2.60. The second kappa shape index (κ2) is 26.6. The number of rotatable bonds is 13. The van der Waals surface area contributed by atoms with E-state index in [0.717, 1.165) is 37.5 Å². The Morgan fingerprint density at radius 3 is 1.42 bits per heavy atom. The average Bonchev–Trinajstić information content (AvgIpc) is 3.34. The van der Waals surface area contributed by atoms with Gasteiger partial charge in [0.15, 0.2) is 14.7 Å². The molecule has 1 atom stereocenters. The summed E-state index contributed by atoms with van der Waals surface area (Å²) in [6.07, 6.45) is 10.4. The van der Waals surface area contributed by atoms with Crippen LogP contribution in [0.15, 0.2) is 154 Å². The lowest BCUT2D eigenvalue weighted by Crippen LogP contribution is -2.60. The third-order valence-electron chi connectivity index (χ3n) is 14.6. The van der Waals surface area contributed by atoms with E-state index in [-0.39, 0.29) is 48.7 Å². The van der Waals surface area contributed by atoms with E-state index < -0.39 is 11.4 Å². The summed E-state index contributed by atoms with van der Waals surface area (Å²) in [6, 6.07) is 44.6. The van der Waals surface area contributed by atoms with Gasteiger partial charge >= 0.3 is 17.9 Å². The molecule has 5 aromatic carbocycles. The third kappa shape index (κ3) is 15.3. The number of aromatic hydroxyl groups is 1. The molecule has 0 radical (unpaired) electrons. The lowest BCUT2D eigenvalue weighted by atomic mass is 9.49. The van der Waals surface area contributed by atoms with Crippen LogP contribution in [0.4, 0.5) is 0 Å². The fourth-order valence-corrected chi connectivity index (χ4v) is 11.5. The lowest BCUT2D eigenvalue weighted by molar-refractivity contribution is -0.218. The largest absolute Gasteiger partial charge is 0.508 e. The maximum atomic E-state index is 12.6. The Kier molecular flexibility index (Phi) is 22.3. The predicted molar refractivity (Wildman–Crippen MR) is 285 cm³/mol. The molecule has 4 aliphatic rings. The molecule has 0 heterocycles. The maximum Gasteiger partial charge on any atom is 0.335 e. The van der Waals surface area contributed by atoms with Crippen LogP contribution in [-0.4, -0.2) is 33.7 Å². The van der Waals surface area contributed by atoms with Crippen molar-refractivity contribution in [3.8, 4) is 11.5 Å². The molecule has 8 heteroatoms. The molecule has 7 nitrogen and oxygen atoms in total. The van der Waals surface area contributed by atoms with Gasteiger partial charge in [0.25, 0.3) is 0 Å². The summed E-state index contributed by atoms with van der Waals surface area (Å²) < 4.78 is 11.9. The van der Waals surface area contributed by atoms with Gasteiger partial charge in [-0.1, -0.05) is 116 Å². The standard InChI is InChI=1S/C24H25O2S.C18H30O2.C10H14O.C7H6O2.2CH4/c1-4-24(2,3)23(25)26-19-15-17-22(18-16-19)27(20-11-7-5-8-12-20)21-13-9-6-10-14-21;1-5-17(3,4)16(19)20-18(6-2)14-8-12-7-13(10-14)11-15(18)9-12;1-3-8(2)9-4-6-10(11)7-5-9;8-7(9)6-4-2-1-3-5-6;;/h5-18H,4H2,1-3H3;12-15H,5-11H2,1-4H3;4-8,11H,3H2,1-2H3;1-5H,(H,8,9);2*1H4/q+1;;;;;. The fourth-order valence-electron chi connectivity index (χ4n) is 9.43. The quantitative estimate of drug-likeness (QED) is 0.0687. The van der Waals surface area contributed by atoms with Crippen molar-refractivity contribution in [2.45, 2.75) is 161 Å². The number of esters is 2. The van der Waals surface area contributed by atoms with E-state index in [1.54, 1.807) is 42.5 Å². The molecule has 4 aliphatic carbocycles. The van der Waals surface area contributed by atoms with Crippen LogP contribution in [0, 0.1) is 34.5 Å². The van der Waals surface area contributed by atoms with Crippen molar-refractivity contribution in [2.75, 3.05) is 0 Å². The zero-order valence-electron chi connectivity index (χ0n) is 41.4. The van der Waals surface area contributed by atoms with E-state index in [1.807, 2.05) is 71.0 Å². The zero-order chi connectivity index (χ0) is 48.8. The molecule has 0 aromatic heterocycles. The molecule has 1 unspecified atom stereocenters. The number of benzene rings is 5. The molecule has 4 fully saturated rings. The first-order valence-corrected chi connectivity index (χ1v) is 25.7. The summed E-state index contributed by atoms with van der Waals surface area (Å²) in [5.41, 5.74) is 0.688. The number of phenolic OH excluding ortho intramolecular Hbond substituents is 1. The Labute approximate surface area is 418 Å². The minimum Gasteiger partial charge on any atom is -0.508 e. The van der Waals surface area contributed by atoms with Gasteiger partial charge in [-0.05, 0) is 193 Å². The first-order chi connectivity index (χ1) is 32.0. The Balaban J connectivity index is 0.000000263. The first kappa shape index (κ1) is 58.0. The summed E-state index contributed by atoms with van der Waals surface area (Å²) >= 11 is 0. The van der Waals surface area contributed by atoms with Crippen LogP contribution in [0.3, 0.4) is 0 Å². The molecule has 374 valence electrons. The Morgan fingerprint density at radius 2 is 1.03 bits per heavy atom.